The molecule has 0 unspecified atom stereocenters. The number of halogens is 4. The number of methoxy groups -OCH3 is 1. The van der Waals surface area contributed by atoms with Crippen LogP contribution in [-0.4, -0.2) is 18.8 Å². The molecule has 0 heterocycles. The molecular weight excluding hydrogens is 269 g/mol. The van der Waals surface area contributed by atoms with E-state index in [1.54, 1.807) is 0 Å². The smallest absolute Gasteiger partial charge is 0.419 e. The zero-order chi connectivity index (χ0) is 13.8. The number of carbonyl (C=O) groups excluding carboxylic acids is 1. The van der Waals surface area contributed by atoms with Gasteiger partial charge in [-0.3, -0.25) is 4.79 Å². The van der Waals surface area contributed by atoms with Crippen LogP contribution in [0.25, 0.3) is 0 Å². The Morgan fingerprint density at radius 1 is 1.39 bits per heavy atom. The summed E-state index contributed by atoms with van der Waals surface area (Å²) in [5.41, 5.74) is -0.921. The van der Waals surface area contributed by atoms with Gasteiger partial charge in [-0.1, -0.05) is 0 Å². The summed E-state index contributed by atoms with van der Waals surface area (Å²) in [7, 11) is 1.15. The maximum absolute atomic E-state index is 12.7. The molecule has 100 valence electrons. The molecule has 1 rings (SSSR count). The molecule has 6 heteroatoms. The lowest BCUT2D eigenvalue weighted by atomic mass is 10.0. The summed E-state index contributed by atoms with van der Waals surface area (Å²) >= 11 is 5.43. The number of hydrogen-bond acceptors (Lipinski definition) is 2. The molecule has 1 aromatic carbocycles. The zero-order valence-corrected chi connectivity index (χ0v) is 10.4. The molecule has 1 aromatic rings. The number of alkyl halides is 4. The third-order valence-corrected chi connectivity index (χ3v) is 2.63. The van der Waals surface area contributed by atoms with Crippen molar-refractivity contribution in [2.75, 3.05) is 13.0 Å². The van der Waals surface area contributed by atoms with Gasteiger partial charge in [-0.15, -0.1) is 11.6 Å². The Labute approximate surface area is 108 Å². The Morgan fingerprint density at radius 2 is 2.06 bits per heavy atom. The summed E-state index contributed by atoms with van der Waals surface area (Å²) in [6.07, 6.45) is -3.98. The lowest BCUT2D eigenvalue weighted by molar-refractivity contribution is -0.138. The molecule has 0 radical (unpaired) electrons. The largest absolute Gasteiger partial charge is 0.496 e. The van der Waals surface area contributed by atoms with Crippen molar-refractivity contribution in [2.24, 2.45) is 0 Å². The van der Waals surface area contributed by atoms with Crippen LogP contribution in [0.15, 0.2) is 18.2 Å². The van der Waals surface area contributed by atoms with E-state index in [2.05, 4.69) is 4.74 Å². The van der Waals surface area contributed by atoms with Crippen LogP contribution in [0.1, 0.15) is 28.8 Å². The van der Waals surface area contributed by atoms with Gasteiger partial charge in [0, 0.05) is 17.9 Å². The number of ketones is 1. The minimum atomic E-state index is -4.55. The van der Waals surface area contributed by atoms with Gasteiger partial charge < -0.3 is 4.74 Å². The van der Waals surface area contributed by atoms with Crippen LogP contribution in [0, 0.1) is 0 Å². The van der Waals surface area contributed by atoms with E-state index in [9.17, 15) is 18.0 Å². The summed E-state index contributed by atoms with van der Waals surface area (Å²) in [6.45, 7) is 0. The summed E-state index contributed by atoms with van der Waals surface area (Å²) < 4.78 is 42.8. The normalized spacial score (nSPS) is 11.4. The van der Waals surface area contributed by atoms with Crippen molar-refractivity contribution in [2.45, 2.75) is 19.0 Å². The summed E-state index contributed by atoms with van der Waals surface area (Å²) in [5, 5.41) is 0. The van der Waals surface area contributed by atoms with Crippen LogP contribution in [0.4, 0.5) is 13.2 Å². The summed E-state index contributed by atoms with van der Waals surface area (Å²) in [6, 6.07) is 3.29. The van der Waals surface area contributed by atoms with Crippen LogP contribution in [0.2, 0.25) is 0 Å². The fourth-order valence-electron chi connectivity index (χ4n) is 1.47. The van der Waals surface area contributed by atoms with Crippen LogP contribution < -0.4 is 4.74 Å². The maximum Gasteiger partial charge on any atom is 0.419 e. The van der Waals surface area contributed by atoms with E-state index in [1.165, 1.54) is 6.07 Å². The molecule has 0 N–H and O–H groups in total. The molecule has 0 aliphatic carbocycles. The first-order chi connectivity index (χ1) is 8.40. The van der Waals surface area contributed by atoms with Crippen molar-refractivity contribution in [3.63, 3.8) is 0 Å². The molecule has 0 aliphatic heterocycles. The highest BCUT2D eigenvalue weighted by molar-refractivity contribution is 6.18. The van der Waals surface area contributed by atoms with Gasteiger partial charge in [-0.25, -0.2) is 0 Å². The first-order valence-corrected chi connectivity index (χ1v) is 5.78. The topological polar surface area (TPSA) is 26.3 Å². The lowest BCUT2D eigenvalue weighted by Crippen LogP contribution is -2.10. The number of ether oxygens (including phenoxy) is 1. The number of rotatable bonds is 5. The zero-order valence-electron chi connectivity index (χ0n) is 9.68. The second kappa shape index (κ2) is 6.09. The molecule has 18 heavy (non-hydrogen) atoms. The van der Waals surface area contributed by atoms with Crippen molar-refractivity contribution in [3.8, 4) is 5.75 Å². The molecule has 0 saturated heterocycles. The Morgan fingerprint density at radius 3 is 2.56 bits per heavy atom. The third kappa shape index (κ3) is 3.63. The number of benzene rings is 1. The van der Waals surface area contributed by atoms with Crippen LogP contribution in [0.5, 0.6) is 5.75 Å². The highest BCUT2D eigenvalue weighted by Crippen LogP contribution is 2.36. The molecule has 2 nitrogen and oxygen atoms in total. The average molecular weight is 281 g/mol. The van der Waals surface area contributed by atoms with E-state index >= 15 is 0 Å². The molecule has 0 aliphatic rings. The van der Waals surface area contributed by atoms with E-state index in [-0.39, 0.29) is 23.5 Å². The van der Waals surface area contributed by atoms with Gasteiger partial charge in [0.15, 0.2) is 5.78 Å². The van der Waals surface area contributed by atoms with Gasteiger partial charge in [-0.2, -0.15) is 13.2 Å². The van der Waals surface area contributed by atoms with Gasteiger partial charge in [0.05, 0.1) is 12.7 Å². The fraction of sp³-hybridized carbons (Fsp3) is 0.417. The Bertz CT molecular complexity index is 430. The maximum atomic E-state index is 12.7. The first-order valence-electron chi connectivity index (χ1n) is 5.24. The molecule has 0 bridgehead atoms. The van der Waals surface area contributed by atoms with Crippen molar-refractivity contribution in [1.82, 2.24) is 0 Å². The summed E-state index contributed by atoms with van der Waals surface area (Å²) in [4.78, 5) is 11.6. The number of carbonyl (C=O) groups is 1. The van der Waals surface area contributed by atoms with Crippen molar-refractivity contribution < 1.29 is 22.7 Å². The first kappa shape index (κ1) is 14.8. The molecule has 0 atom stereocenters. The number of Topliss-reactive ketones (excluding diaryl/α,β-unsaturated/α-hetero) is 1. The Hall–Kier alpha value is -1.23. The average Bonchev–Trinajstić information content (AvgIpc) is 2.34. The summed E-state index contributed by atoms with van der Waals surface area (Å²) in [5.74, 6) is -0.353. The molecule has 0 spiro atoms. The van der Waals surface area contributed by atoms with Gasteiger partial charge in [0.1, 0.15) is 5.75 Å². The van der Waals surface area contributed by atoms with Crippen LogP contribution in [-0.2, 0) is 6.18 Å². The fourth-order valence-corrected chi connectivity index (χ4v) is 1.61. The molecule has 0 aromatic heterocycles. The predicted molar refractivity (Wildman–Crippen MR) is 62.3 cm³/mol. The predicted octanol–water partition coefficient (Wildman–Crippen LogP) is 3.92. The third-order valence-electron chi connectivity index (χ3n) is 2.36. The van der Waals surface area contributed by atoms with Gasteiger partial charge in [0.25, 0.3) is 0 Å². The SMILES string of the molecule is COc1ccc(C(=O)CCCCl)cc1C(F)(F)F. The van der Waals surface area contributed by atoms with E-state index in [1.807, 2.05) is 0 Å². The highest BCUT2D eigenvalue weighted by Gasteiger charge is 2.34. The van der Waals surface area contributed by atoms with E-state index in [0.717, 1.165) is 19.2 Å². The van der Waals surface area contributed by atoms with Gasteiger partial charge >= 0.3 is 6.18 Å². The number of hydrogen-bond donors (Lipinski definition) is 0. The second-order valence-corrected chi connectivity index (χ2v) is 4.01. The van der Waals surface area contributed by atoms with Crippen molar-refractivity contribution in [1.29, 1.82) is 0 Å². The molecule has 0 amide bonds. The minimum absolute atomic E-state index is 0.0215. The molecular formula is C12H12ClF3O2. The Kier molecular flexibility index (Phi) is 5.02. The quantitative estimate of drug-likeness (QED) is 0.604. The van der Waals surface area contributed by atoms with Gasteiger partial charge in [-0.05, 0) is 24.6 Å². The van der Waals surface area contributed by atoms with E-state index in [4.69, 9.17) is 11.6 Å². The molecule has 0 saturated carbocycles. The van der Waals surface area contributed by atoms with Crippen LogP contribution in [0.3, 0.4) is 0 Å². The Balaban J connectivity index is 3.07. The van der Waals surface area contributed by atoms with Crippen LogP contribution >= 0.6 is 11.6 Å². The lowest BCUT2D eigenvalue weighted by Gasteiger charge is -2.13. The van der Waals surface area contributed by atoms with Gasteiger partial charge in [0.2, 0.25) is 0 Å². The highest BCUT2D eigenvalue weighted by atomic mass is 35.5. The van der Waals surface area contributed by atoms with Crippen molar-refractivity contribution in [3.05, 3.63) is 29.3 Å². The molecule has 0 fully saturated rings. The van der Waals surface area contributed by atoms with E-state index < -0.39 is 11.7 Å². The second-order valence-electron chi connectivity index (χ2n) is 3.63. The van der Waals surface area contributed by atoms with E-state index in [0.29, 0.717) is 12.3 Å². The monoisotopic (exact) mass is 280 g/mol. The standard InChI is InChI=1S/C12H12ClF3O2/c1-18-11-5-4-8(10(17)3-2-6-13)7-9(11)12(14,15)16/h4-5,7H,2-3,6H2,1H3. The van der Waals surface area contributed by atoms with Crippen molar-refractivity contribution >= 4 is 17.4 Å². The minimum Gasteiger partial charge on any atom is -0.496 e.